The van der Waals surface area contributed by atoms with Crippen molar-refractivity contribution < 1.29 is 14.4 Å². The summed E-state index contributed by atoms with van der Waals surface area (Å²) in [5.41, 5.74) is 3.19. The summed E-state index contributed by atoms with van der Waals surface area (Å²) in [5, 5.41) is 14.3. The van der Waals surface area contributed by atoms with Gasteiger partial charge in [0.1, 0.15) is 6.04 Å². The fraction of sp³-hybridized carbons (Fsp3) is 0.538. The van der Waals surface area contributed by atoms with E-state index in [4.69, 9.17) is 0 Å². The van der Waals surface area contributed by atoms with E-state index in [2.05, 4.69) is 26.1 Å². The van der Waals surface area contributed by atoms with Crippen LogP contribution in [0.4, 0.5) is 4.79 Å². The van der Waals surface area contributed by atoms with Crippen LogP contribution in [0.5, 0.6) is 0 Å². The van der Waals surface area contributed by atoms with E-state index < -0.39 is 18.0 Å². The van der Waals surface area contributed by atoms with E-state index in [1.165, 1.54) is 5.56 Å². The number of aromatic amines is 1. The molecule has 1 aliphatic rings. The number of urea groups is 1. The van der Waals surface area contributed by atoms with E-state index >= 15 is 0 Å². The van der Waals surface area contributed by atoms with E-state index in [-0.39, 0.29) is 12.3 Å². The molecule has 4 N–H and O–H groups in total. The monoisotopic (exact) mass is 293 g/mol. The van der Waals surface area contributed by atoms with Crippen LogP contribution >= 0.6 is 0 Å². The Morgan fingerprint density at radius 3 is 2.67 bits per heavy atom. The van der Waals surface area contributed by atoms with Crippen molar-refractivity contribution in [1.29, 1.82) is 0 Å². The topological polar surface area (TPSA) is 116 Å². The summed E-state index contributed by atoms with van der Waals surface area (Å²) in [7, 11) is 0. The molecular formula is C13H19N5O3. The number of carbonyl (C=O) groups is 3. The first-order valence-electron chi connectivity index (χ1n) is 6.86. The maximum absolute atomic E-state index is 11.7. The summed E-state index contributed by atoms with van der Waals surface area (Å²) in [6, 6.07) is -1.32. The molecular weight excluding hydrogens is 274 g/mol. The number of aryl methyl sites for hydroxylation is 2. The van der Waals surface area contributed by atoms with E-state index in [1.54, 1.807) is 0 Å². The van der Waals surface area contributed by atoms with Crippen molar-refractivity contribution in [2.45, 2.75) is 39.2 Å². The van der Waals surface area contributed by atoms with Gasteiger partial charge in [-0.3, -0.25) is 20.0 Å². The molecule has 1 saturated heterocycles. The lowest BCUT2D eigenvalue weighted by molar-refractivity contribution is -0.126. The van der Waals surface area contributed by atoms with Gasteiger partial charge < -0.3 is 10.6 Å². The Balaban J connectivity index is 1.68. The van der Waals surface area contributed by atoms with Gasteiger partial charge in [-0.05, 0) is 32.3 Å². The number of rotatable bonds is 6. The second-order valence-corrected chi connectivity index (χ2v) is 5.09. The van der Waals surface area contributed by atoms with Gasteiger partial charge in [0.05, 0.1) is 12.1 Å². The van der Waals surface area contributed by atoms with Crippen molar-refractivity contribution in [3.63, 3.8) is 0 Å². The van der Waals surface area contributed by atoms with Crippen molar-refractivity contribution in [2.75, 3.05) is 6.54 Å². The highest BCUT2D eigenvalue weighted by Gasteiger charge is 2.30. The fourth-order valence-electron chi connectivity index (χ4n) is 2.30. The van der Waals surface area contributed by atoms with Gasteiger partial charge in [0.15, 0.2) is 0 Å². The highest BCUT2D eigenvalue weighted by molar-refractivity contribution is 6.05. The fourth-order valence-corrected chi connectivity index (χ4v) is 2.30. The van der Waals surface area contributed by atoms with Crippen molar-refractivity contribution in [1.82, 2.24) is 26.1 Å². The van der Waals surface area contributed by atoms with Crippen molar-refractivity contribution in [2.24, 2.45) is 0 Å². The molecule has 1 aromatic heterocycles. The van der Waals surface area contributed by atoms with Crippen LogP contribution < -0.4 is 16.0 Å². The first-order valence-corrected chi connectivity index (χ1v) is 6.86. The summed E-state index contributed by atoms with van der Waals surface area (Å²) in [5.74, 6) is -0.710. The maximum atomic E-state index is 11.7. The number of hydrogen-bond acceptors (Lipinski definition) is 4. The molecule has 0 aliphatic carbocycles. The van der Waals surface area contributed by atoms with Gasteiger partial charge in [-0.25, -0.2) is 4.79 Å². The molecule has 4 amide bonds. The predicted octanol–water partition coefficient (Wildman–Crippen LogP) is -0.327. The summed E-state index contributed by atoms with van der Waals surface area (Å²) in [6.45, 7) is 4.43. The van der Waals surface area contributed by atoms with Crippen LogP contribution in [0.1, 0.15) is 29.8 Å². The second kappa shape index (κ2) is 6.38. The Morgan fingerprint density at radius 2 is 2.10 bits per heavy atom. The lowest BCUT2D eigenvalue weighted by Gasteiger charge is -2.08. The number of nitrogens with one attached hydrogen (secondary N) is 4. The van der Waals surface area contributed by atoms with Crippen LogP contribution in [-0.4, -0.2) is 40.6 Å². The molecule has 1 aromatic rings. The zero-order chi connectivity index (χ0) is 15.4. The number of aromatic nitrogens is 2. The number of H-pyrrole nitrogens is 1. The molecule has 1 fully saturated rings. The minimum Gasteiger partial charge on any atom is -0.356 e. The lowest BCUT2D eigenvalue weighted by atomic mass is 10.1. The third-order valence-electron chi connectivity index (χ3n) is 3.45. The van der Waals surface area contributed by atoms with Gasteiger partial charge in [0.25, 0.3) is 5.91 Å². The van der Waals surface area contributed by atoms with Crippen LogP contribution in [-0.2, 0) is 16.0 Å². The van der Waals surface area contributed by atoms with E-state index in [9.17, 15) is 14.4 Å². The summed E-state index contributed by atoms with van der Waals surface area (Å²) in [6.07, 6.45) is 1.58. The van der Waals surface area contributed by atoms with Gasteiger partial charge in [-0.2, -0.15) is 5.10 Å². The first kappa shape index (κ1) is 15.0. The van der Waals surface area contributed by atoms with Gasteiger partial charge in [0.2, 0.25) is 5.91 Å². The van der Waals surface area contributed by atoms with Crippen LogP contribution in [0, 0.1) is 13.8 Å². The average molecular weight is 293 g/mol. The van der Waals surface area contributed by atoms with Crippen molar-refractivity contribution in [3.05, 3.63) is 17.0 Å². The second-order valence-electron chi connectivity index (χ2n) is 5.09. The Hall–Kier alpha value is -2.38. The third kappa shape index (κ3) is 3.80. The normalized spacial score (nSPS) is 17.5. The molecule has 8 nitrogen and oxygen atoms in total. The van der Waals surface area contributed by atoms with Gasteiger partial charge >= 0.3 is 6.03 Å². The molecule has 114 valence electrons. The van der Waals surface area contributed by atoms with Crippen LogP contribution in [0.2, 0.25) is 0 Å². The van der Waals surface area contributed by atoms with Crippen molar-refractivity contribution in [3.8, 4) is 0 Å². The Kier molecular flexibility index (Phi) is 4.56. The zero-order valence-electron chi connectivity index (χ0n) is 12.1. The van der Waals surface area contributed by atoms with E-state index in [1.807, 2.05) is 13.8 Å². The predicted molar refractivity (Wildman–Crippen MR) is 74.5 cm³/mol. The van der Waals surface area contributed by atoms with E-state index in [0.717, 1.165) is 24.2 Å². The highest BCUT2D eigenvalue weighted by atomic mass is 16.2. The number of carbonyl (C=O) groups excluding carboxylic acids is 3. The quantitative estimate of drug-likeness (QED) is 0.424. The van der Waals surface area contributed by atoms with Crippen LogP contribution in [0.25, 0.3) is 0 Å². The van der Waals surface area contributed by atoms with Gasteiger partial charge in [-0.15, -0.1) is 0 Å². The molecule has 0 radical (unpaired) electrons. The molecule has 2 rings (SSSR count). The van der Waals surface area contributed by atoms with Crippen LogP contribution in [0.3, 0.4) is 0 Å². The Bertz CT molecular complexity index is 547. The number of nitrogens with zero attached hydrogens (tertiary/aromatic N) is 1. The molecule has 0 spiro atoms. The molecule has 2 heterocycles. The lowest BCUT2D eigenvalue weighted by Crippen LogP contribution is -2.36. The molecule has 0 aromatic carbocycles. The number of hydrogen-bond donors (Lipinski definition) is 4. The molecule has 0 saturated carbocycles. The smallest absolute Gasteiger partial charge is 0.322 e. The molecule has 21 heavy (non-hydrogen) atoms. The van der Waals surface area contributed by atoms with Crippen LogP contribution in [0.15, 0.2) is 0 Å². The highest BCUT2D eigenvalue weighted by Crippen LogP contribution is 2.11. The maximum Gasteiger partial charge on any atom is 0.322 e. The van der Waals surface area contributed by atoms with Crippen molar-refractivity contribution >= 4 is 17.8 Å². The molecule has 8 heteroatoms. The van der Waals surface area contributed by atoms with Gasteiger partial charge in [0, 0.05) is 12.2 Å². The van der Waals surface area contributed by atoms with E-state index in [0.29, 0.717) is 6.54 Å². The number of imide groups is 1. The molecule has 1 atom stereocenters. The molecule has 0 bridgehead atoms. The first-order chi connectivity index (χ1) is 9.97. The summed E-state index contributed by atoms with van der Waals surface area (Å²) in [4.78, 5) is 33.9. The standard InChI is InChI=1S/C13H19N5O3/c1-7-9(8(2)18-17-7)4-3-5-14-11(19)6-10-12(20)16-13(21)15-10/h10H,3-6H2,1-2H3,(H,14,19)(H,17,18)(H2,15,16,20,21)/t10-/m1/s1. The van der Waals surface area contributed by atoms with Gasteiger partial charge in [-0.1, -0.05) is 0 Å². The number of amides is 4. The zero-order valence-corrected chi connectivity index (χ0v) is 12.1. The largest absolute Gasteiger partial charge is 0.356 e. The minimum atomic E-state index is -0.768. The Morgan fingerprint density at radius 1 is 1.33 bits per heavy atom. The molecule has 1 aliphatic heterocycles. The summed E-state index contributed by atoms with van der Waals surface area (Å²) >= 11 is 0. The Labute approximate surface area is 122 Å². The minimum absolute atomic E-state index is 0.0403. The average Bonchev–Trinajstić information content (AvgIpc) is 2.89. The summed E-state index contributed by atoms with van der Waals surface area (Å²) < 4.78 is 0. The molecule has 0 unspecified atom stereocenters. The third-order valence-corrected chi connectivity index (χ3v) is 3.45. The SMILES string of the molecule is Cc1n[nH]c(C)c1CCCNC(=O)C[C@H]1NC(=O)NC1=O.